The van der Waals surface area contributed by atoms with Crippen LogP contribution in [0.25, 0.3) is 11.3 Å². The number of ether oxygens (including phenoxy) is 1. The molecule has 5 heteroatoms. The molecule has 1 aromatic carbocycles. The van der Waals surface area contributed by atoms with Crippen LogP contribution in [0.15, 0.2) is 30.3 Å². The highest BCUT2D eigenvalue weighted by molar-refractivity contribution is 5.65. The van der Waals surface area contributed by atoms with Gasteiger partial charge < -0.3 is 15.4 Å². The van der Waals surface area contributed by atoms with Crippen LogP contribution in [-0.2, 0) is 4.74 Å². The minimum absolute atomic E-state index is 0.0877. The Hall–Kier alpha value is -2.14. The quantitative estimate of drug-likeness (QED) is 0.940. The molecule has 2 heterocycles. The van der Waals surface area contributed by atoms with Gasteiger partial charge in [0.15, 0.2) is 0 Å². The van der Waals surface area contributed by atoms with Crippen LogP contribution in [0.4, 0.5) is 11.8 Å². The van der Waals surface area contributed by atoms with E-state index >= 15 is 0 Å². The van der Waals surface area contributed by atoms with Crippen LogP contribution in [0.5, 0.6) is 0 Å². The second-order valence-electron chi connectivity index (χ2n) is 5.66. The van der Waals surface area contributed by atoms with Crippen molar-refractivity contribution in [3.63, 3.8) is 0 Å². The molecule has 0 radical (unpaired) electrons. The smallest absolute Gasteiger partial charge is 0.222 e. The molecule has 2 N–H and O–H groups in total. The lowest BCUT2D eigenvalue weighted by atomic mass is 10.1. The zero-order valence-electron chi connectivity index (χ0n) is 13.1. The number of aromatic nitrogens is 2. The first kappa shape index (κ1) is 14.8. The van der Waals surface area contributed by atoms with Gasteiger partial charge in [-0.3, -0.25) is 0 Å². The van der Waals surface area contributed by atoms with Crippen molar-refractivity contribution in [3.8, 4) is 11.3 Å². The largest absolute Gasteiger partial charge is 0.377 e. The summed E-state index contributed by atoms with van der Waals surface area (Å²) in [5.41, 5.74) is 8.95. The van der Waals surface area contributed by atoms with E-state index in [1.807, 2.05) is 13.0 Å². The Bertz CT molecular complexity index is 636. The molecule has 1 fully saturated rings. The number of nitrogen functional groups attached to an aromatic ring is 1. The van der Waals surface area contributed by atoms with E-state index in [4.69, 9.17) is 10.5 Å². The Morgan fingerprint density at radius 1 is 1.14 bits per heavy atom. The minimum Gasteiger partial charge on any atom is -0.377 e. The third kappa shape index (κ3) is 3.04. The van der Waals surface area contributed by atoms with Gasteiger partial charge in [0.05, 0.1) is 11.8 Å². The zero-order valence-corrected chi connectivity index (χ0v) is 13.1. The number of methoxy groups -OCH3 is 1. The van der Waals surface area contributed by atoms with E-state index in [1.54, 1.807) is 7.11 Å². The number of anilines is 2. The maximum Gasteiger partial charge on any atom is 0.222 e. The van der Waals surface area contributed by atoms with Crippen molar-refractivity contribution in [2.75, 3.05) is 30.8 Å². The molecule has 3 rings (SSSR count). The molecule has 0 spiro atoms. The lowest BCUT2D eigenvalue weighted by molar-refractivity contribution is 0.119. The van der Waals surface area contributed by atoms with Gasteiger partial charge in [0.2, 0.25) is 5.95 Å². The summed E-state index contributed by atoms with van der Waals surface area (Å²) in [4.78, 5) is 11.0. The Balaban J connectivity index is 1.90. The van der Waals surface area contributed by atoms with Crippen molar-refractivity contribution in [2.45, 2.75) is 25.9 Å². The summed E-state index contributed by atoms with van der Waals surface area (Å²) in [5.74, 6) is 1.25. The summed E-state index contributed by atoms with van der Waals surface area (Å²) in [7, 11) is 1.71. The van der Waals surface area contributed by atoms with Crippen molar-refractivity contribution in [2.24, 2.45) is 0 Å². The highest BCUT2D eigenvalue weighted by Crippen LogP contribution is 2.26. The molecule has 22 heavy (non-hydrogen) atoms. The first-order chi connectivity index (χ1) is 10.7. The Morgan fingerprint density at radius 3 is 2.45 bits per heavy atom. The van der Waals surface area contributed by atoms with Crippen LogP contribution in [0.2, 0.25) is 0 Å². The van der Waals surface area contributed by atoms with Crippen LogP contribution in [0, 0.1) is 0 Å². The lowest BCUT2D eigenvalue weighted by Gasteiger charge is -2.17. The molecule has 1 aliphatic rings. The fraction of sp³-hybridized carbons (Fsp3) is 0.412. The van der Waals surface area contributed by atoms with Gasteiger partial charge >= 0.3 is 0 Å². The van der Waals surface area contributed by atoms with Gasteiger partial charge in [-0.05, 0) is 25.3 Å². The van der Waals surface area contributed by atoms with Gasteiger partial charge in [0, 0.05) is 31.8 Å². The first-order valence-corrected chi connectivity index (χ1v) is 7.70. The van der Waals surface area contributed by atoms with E-state index in [-0.39, 0.29) is 6.10 Å². The van der Waals surface area contributed by atoms with E-state index in [2.05, 4.69) is 39.1 Å². The fourth-order valence-corrected chi connectivity index (χ4v) is 2.77. The van der Waals surface area contributed by atoms with E-state index < -0.39 is 0 Å². The van der Waals surface area contributed by atoms with Gasteiger partial charge in [-0.15, -0.1) is 0 Å². The summed E-state index contributed by atoms with van der Waals surface area (Å²) in [6.45, 7) is 4.11. The summed E-state index contributed by atoms with van der Waals surface area (Å²) >= 11 is 0. The summed E-state index contributed by atoms with van der Waals surface area (Å²) in [6, 6.07) is 10.3. The van der Waals surface area contributed by atoms with Gasteiger partial charge in [-0.25, -0.2) is 4.98 Å². The normalized spacial score (nSPS) is 16.0. The molecule has 5 nitrogen and oxygen atoms in total. The van der Waals surface area contributed by atoms with Gasteiger partial charge in [0.1, 0.15) is 5.82 Å². The van der Waals surface area contributed by atoms with Crippen molar-refractivity contribution in [1.82, 2.24) is 9.97 Å². The maximum atomic E-state index is 5.90. The molecular weight excluding hydrogens is 276 g/mol. The fourth-order valence-electron chi connectivity index (χ4n) is 2.77. The highest BCUT2D eigenvalue weighted by Gasteiger charge is 2.16. The lowest BCUT2D eigenvalue weighted by Crippen LogP contribution is -2.19. The third-order valence-corrected chi connectivity index (χ3v) is 4.19. The summed E-state index contributed by atoms with van der Waals surface area (Å²) < 4.78 is 5.34. The number of hydrogen-bond donors (Lipinski definition) is 1. The van der Waals surface area contributed by atoms with Crippen LogP contribution in [0.1, 0.15) is 31.4 Å². The number of hydrogen-bond acceptors (Lipinski definition) is 5. The molecule has 0 amide bonds. The van der Waals surface area contributed by atoms with Gasteiger partial charge in [-0.2, -0.15) is 4.98 Å². The van der Waals surface area contributed by atoms with Gasteiger partial charge in [0.25, 0.3) is 0 Å². The third-order valence-electron chi connectivity index (χ3n) is 4.19. The van der Waals surface area contributed by atoms with Crippen molar-refractivity contribution in [3.05, 3.63) is 35.9 Å². The number of rotatable bonds is 4. The van der Waals surface area contributed by atoms with Crippen molar-refractivity contribution >= 4 is 11.8 Å². The molecule has 2 aromatic rings. The van der Waals surface area contributed by atoms with E-state index in [0.29, 0.717) is 5.95 Å². The molecule has 0 saturated carbocycles. The Morgan fingerprint density at radius 2 is 1.82 bits per heavy atom. The molecule has 0 bridgehead atoms. The SMILES string of the molecule is COC(C)c1ccc(-c2cc(N3CCCC3)nc(N)n2)cc1. The van der Waals surface area contributed by atoms with E-state index in [0.717, 1.165) is 35.7 Å². The van der Waals surface area contributed by atoms with Crippen LogP contribution in [-0.4, -0.2) is 30.2 Å². The standard InChI is InChI=1S/C17H22N4O/c1-12(22-2)13-5-7-14(8-6-13)15-11-16(20-17(18)19-15)21-9-3-4-10-21/h5-8,11-12H,3-4,9-10H2,1-2H3,(H2,18,19,20). The molecule has 1 atom stereocenters. The second kappa shape index (κ2) is 6.32. The average Bonchev–Trinajstić information content (AvgIpc) is 3.08. The molecule has 0 aliphatic carbocycles. The maximum absolute atomic E-state index is 5.90. The van der Waals surface area contributed by atoms with Crippen LogP contribution >= 0.6 is 0 Å². The Kier molecular flexibility index (Phi) is 4.24. The molecule has 1 unspecified atom stereocenters. The average molecular weight is 298 g/mol. The Labute approximate surface area is 131 Å². The van der Waals surface area contributed by atoms with Crippen LogP contribution in [0.3, 0.4) is 0 Å². The second-order valence-corrected chi connectivity index (χ2v) is 5.66. The van der Waals surface area contributed by atoms with Crippen LogP contribution < -0.4 is 10.6 Å². The minimum atomic E-state index is 0.0877. The zero-order chi connectivity index (χ0) is 15.5. The molecular formula is C17H22N4O. The van der Waals surface area contributed by atoms with E-state index in [9.17, 15) is 0 Å². The molecule has 1 aliphatic heterocycles. The summed E-state index contributed by atoms with van der Waals surface area (Å²) in [6.07, 6.45) is 2.51. The summed E-state index contributed by atoms with van der Waals surface area (Å²) in [5, 5.41) is 0. The topological polar surface area (TPSA) is 64.3 Å². The number of benzene rings is 1. The molecule has 1 saturated heterocycles. The highest BCUT2D eigenvalue weighted by atomic mass is 16.5. The van der Waals surface area contributed by atoms with Crippen molar-refractivity contribution in [1.29, 1.82) is 0 Å². The molecule has 1 aromatic heterocycles. The predicted molar refractivity (Wildman–Crippen MR) is 88.8 cm³/mol. The predicted octanol–water partition coefficient (Wildman–Crippen LogP) is 3.03. The number of nitrogens with two attached hydrogens (primary N) is 1. The van der Waals surface area contributed by atoms with Crippen molar-refractivity contribution < 1.29 is 4.74 Å². The number of nitrogens with zero attached hydrogens (tertiary/aromatic N) is 3. The van der Waals surface area contributed by atoms with Gasteiger partial charge in [-0.1, -0.05) is 24.3 Å². The monoisotopic (exact) mass is 298 g/mol. The van der Waals surface area contributed by atoms with E-state index in [1.165, 1.54) is 12.8 Å². The first-order valence-electron chi connectivity index (χ1n) is 7.70. The molecule has 116 valence electrons.